The van der Waals surface area contributed by atoms with Crippen molar-refractivity contribution in [3.8, 4) is 0 Å². The molecule has 15 heavy (non-hydrogen) atoms. The Morgan fingerprint density at radius 3 is 2.67 bits per heavy atom. The SMILES string of the molecule is C=CN(C)CC(O)COC(C=O)C(=C)C. The average Bonchev–Trinajstić information content (AvgIpc) is 2.17. The van der Waals surface area contributed by atoms with Gasteiger partial charge in [-0.3, -0.25) is 0 Å². The molecule has 2 unspecified atom stereocenters. The van der Waals surface area contributed by atoms with Crippen LogP contribution in [0, 0.1) is 0 Å². The summed E-state index contributed by atoms with van der Waals surface area (Å²) in [6.45, 7) is 9.41. The Balaban J connectivity index is 3.87. The number of aldehydes is 1. The largest absolute Gasteiger partial charge is 0.389 e. The molecule has 0 aliphatic rings. The summed E-state index contributed by atoms with van der Waals surface area (Å²) in [7, 11) is 1.80. The lowest BCUT2D eigenvalue weighted by atomic mass is 10.2. The molecule has 0 saturated carbocycles. The molecule has 0 spiro atoms. The summed E-state index contributed by atoms with van der Waals surface area (Å²) in [6.07, 6.45) is 1.01. The van der Waals surface area contributed by atoms with Crippen LogP contribution in [0.25, 0.3) is 0 Å². The molecule has 4 nitrogen and oxygen atoms in total. The van der Waals surface area contributed by atoms with Crippen molar-refractivity contribution in [3.05, 3.63) is 24.9 Å². The van der Waals surface area contributed by atoms with Gasteiger partial charge in [0.2, 0.25) is 0 Å². The van der Waals surface area contributed by atoms with E-state index in [1.54, 1.807) is 25.1 Å². The van der Waals surface area contributed by atoms with Gasteiger partial charge >= 0.3 is 0 Å². The summed E-state index contributed by atoms with van der Waals surface area (Å²) in [5.74, 6) is 0. The maximum Gasteiger partial charge on any atom is 0.152 e. The quantitative estimate of drug-likeness (QED) is 0.473. The zero-order chi connectivity index (χ0) is 11.8. The molecule has 1 N–H and O–H groups in total. The normalized spacial score (nSPS) is 14.1. The van der Waals surface area contributed by atoms with E-state index in [-0.39, 0.29) is 6.61 Å². The molecule has 0 amide bonds. The molecular weight excluding hydrogens is 194 g/mol. The monoisotopic (exact) mass is 213 g/mol. The third-order valence-electron chi connectivity index (χ3n) is 1.89. The highest BCUT2D eigenvalue weighted by atomic mass is 16.5. The minimum atomic E-state index is -0.644. The van der Waals surface area contributed by atoms with Crippen molar-refractivity contribution in [3.63, 3.8) is 0 Å². The second kappa shape index (κ2) is 7.20. The Morgan fingerprint density at radius 2 is 2.27 bits per heavy atom. The molecule has 0 radical (unpaired) electrons. The predicted molar refractivity (Wildman–Crippen MR) is 59.5 cm³/mol. The Morgan fingerprint density at radius 1 is 1.67 bits per heavy atom. The summed E-state index contributed by atoms with van der Waals surface area (Å²) in [5, 5.41) is 9.52. The van der Waals surface area contributed by atoms with Gasteiger partial charge in [0.15, 0.2) is 6.29 Å². The van der Waals surface area contributed by atoms with Gasteiger partial charge in [0, 0.05) is 13.6 Å². The fourth-order valence-electron chi connectivity index (χ4n) is 0.972. The van der Waals surface area contributed by atoms with Crippen LogP contribution in [-0.4, -0.2) is 48.7 Å². The van der Waals surface area contributed by atoms with Crippen LogP contribution < -0.4 is 0 Å². The van der Waals surface area contributed by atoms with Gasteiger partial charge in [-0.1, -0.05) is 13.2 Å². The predicted octanol–water partition coefficient (Wildman–Crippen LogP) is 0.583. The van der Waals surface area contributed by atoms with Gasteiger partial charge in [0.05, 0.1) is 12.7 Å². The number of carbonyl (C=O) groups excluding carboxylic acids is 1. The molecule has 0 aromatic rings. The van der Waals surface area contributed by atoms with Crippen LogP contribution in [0.4, 0.5) is 0 Å². The third-order valence-corrected chi connectivity index (χ3v) is 1.89. The summed E-state index contributed by atoms with van der Waals surface area (Å²) in [5.41, 5.74) is 0.634. The van der Waals surface area contributed by atoms with Gasteiger partial charge < -0.3 is 19.5 Å². The summed E-state index contributed by atoms with van der Waals surface area (Å²) < 4.78 is 5.18. The molecule has 0 aliphatic heterocycles. The second-order valence-corrected chi connectivity index (χ2v) is 3.51. The number of hydrogen-bond acceptors (Lipinski definition) is 4. The van der Waals surface area contributed by atoms with Crippen LogP contribution >= 0.6 is 0 Å². The lowest BCUT2D eigenvalue weighted by Gasteiger charge is -2.20. The molecule has 0 bridgehead atoms. The van der Waals surface area contributed by atoms with E-state index >= 15 is 0 Å². The lowest BCUT2D eigenvalue weighted by Crippen LogP contribution is -2.31. The number of aliphatic hydroxyl groups excluding tert-OH is 1. The van der Waals surface area contributed by atoms with Crippen molar-refractivity contribution < 1.29 is 14.6 Å². The number of nitrogens with zero attached hydrogens (tertiary/aromatic N) is 1. The van der Waals surface area contributed by atoms with Crippen LogP contribution in [0.15, 0.2) is 24.9 Å². The zero-order valence-electron chi connectivity index (χ0n) is 9.35. The van der Waals surface area contributed by atoms with Crippen molar-refractivity contribution in [2.75, 3.05) is 20.2 Å². The number of carbonyl (C=O) groups is 1. The van der Waals surface area contributed by atoms with E-state index in [1.165, 1.54) is 0 Å². The molecule has 0 fully saturated rings. The molecule has 0 aromatic carbocycles. The minimum absolute atomic E-state index is 0.106. The number of aliphatic hydroxyl groups is 1. The van der Waals surface area contributed by atoms with Crippen LogP contribution in [0.5, 0.6) is 0 Å². The smallest absolute Gasteiger partial charge is 0.152 e. The minimum Gasteiger partial charge on any atom is -0.389 e. The van der Waals surface area contributed by atoms with E-state index in [0.29, 0.717) is 18.4 Å². The van der Waals surface area contributed by atoms with Gasteiger partial charge in [0.25, 0.3) is 0 Å². The van der Waals surface area contributed by atoms with Crippen molar-refractivity contribution in [1.29, 1.82) is 0 Å². The highest BCUT2D eigenvalue weighted by molar-refractivity contribution is 5.60. The summed E-state index contributed by atoms with van der Waals surface area (Å²) >= 11 is 0. The van der Waals surface area contributed by atoms with E-state index in [4.69, 9.17) is 4.74 Å². The van der Waals surface area contributed by atoms with E-state index in [2.05, 4.69) is 13.2 Å². The van der Waals surface area contributed by atoms with Crippen LogP contribution in [-0.2, 0) is 9.53 Å². The molecule has 4 heteroatoms. The highest BCUT2D eigenvalue weighted by Crippen LogP contribution is 2.02. The Kier molecular flexibility index (Phi) is 6.66. The molecular formula is C11H19NO3. The number of ether oxygens (including phenoxy) is 1. The Bertz CT molecular complexity index is 228. The topological polar surface area (TPSA) is 49.8 Å². The Labute approximate surface area is 90.8 Å². The van der Waals surface area contributed by atoms with Gasteiger partial charge in [-0.2, -0.15) is 0 Å². The van der Waals surface area contributed by atoms with Crippen LogP contribution in [0.1, 0.15) is 6.92 Å². The maximum atomic E-state index is 10.5. The zero-order valence-corrected chi connectivity index (χ0v) is 9.35. The molecule has 0 rings (SSSR count). The molecule has 0 aromatic heterocycles. The van der Waals surface area contributed by atoms with E-state index < -0.39 is 12.2 Å². The Hall–Kier alpha value is -1.13. The van der Waals surface area contributed by atoms with E-state index in [1.807, 2.05) is 0 Å². The third kappa shape index (κ3) is 6.04. The number of likely N-dealkylation sites (N-methyl/N-ethyl adjacent to an activating group) is 1. The first-order valence-corrected chi connectivity index (χ1v) is 4.74. The van der Waals surface area contributed by atoms with Gasteiger partial charge in [0.1, 0.15) is 6.10 Å². The number of rotatable bonds is 8. The molecule has 2 atom stereocenters. The number of hydrogen-bond donors (Lipinski definition) is 1. The van der Waals surface area contributed by atoms with Crippen molar-refractivity contribution in [2.45, 2.75) is 19.1 Å². The second-order valence-electron chi connectivity index (χ2n) is 3.51. The highest BCUT2D eigenvalue weighted by Gasteiger charge is 2.12. The average molecular weight is 213 g/mol. The van der Waals surface area contributed by atoms with Crippen molar-refractivity contribution in [1.82, 2.24) is 4.90 Å². The molecule has 86 valence electrons. The first kappa shape index (κ1) is 13.9. The summed E-state index contributed by atoms with van der Waals surface area (Å²) in [4.78, 5) is 12.3. The van der Waals surface area contributed by atoms with Gasteiger partial charge in [-0.05, 0) is 18.7 Å². The van der Waals surface area contributed by atoms with Crippen molar-refractivity contribution >= 4 is 6.29 Å². The molecule has 0 saturated heterocycles. The summed E-state index contributed by atoms with van der Waals surface area (Å²) in [6, 6.07) is 0. The van der Waals surface area contributed by atoms with E-state index in [0.717, 1.165) is 0 Å². The van der Waals surface area contributed by atoms with E-state index in [9.17, 15) is 9.90 Å². The van der Waals surface area contributed by atoms with Gasteiger partial charge in [-0.25, -0.2) is 0 Å². The fraction of sp³-hybridized carbons (Fsp3) is 0.545. The van der Waals surface area contributed by atoms with Gasteiger partial charge in [-0.15, -0.1) is 0 Å². The lowest BCUT2D eigenvalue weighted by molar-refractivity contribution is -0.117. The first-order chi connectivity index (χ1) is 7.01. The maximum absolute atomic E-state index is 10.5. The fourth-order valence-corrected chi connectivity index (χ4v) is 0.972. The van der Waals surface area contributed by atoms with Crippen LogP contribution in [0.3, 0.4) is 0 Å². The standard InChI is InChI=1S/C11H19NO3/c1-5-12(4)6-10(14)8-15-11(7-13)9(2)3/h5,7,10-11,14H,1-2,6,8H2,3-4H3. The van der Waals surface area contributed by atoms with Crippen molar-refractivity contribution in [2.24, 2.45) is 0 Å². The first-order valence-electron chi connectivity index (χ1n) is 4.74. The molecule has 0 aliphatic carbocycles. The molecule has 0 heterocycles. The van der Waals surface area contributed by atoms with Crippen LogP contribution in [0.2, 0.25) is 0 Å².